The van der Waals surface area contributed by atoms with Gasteiger partial charge in [-0.15, -0.1) is 0 Å². The number of thioether (sulfide) groups is 1. The van der Waals surface area contributed by atoms with Gasteiger partial charge in [0.05, 0.1) is 6.04 Å². The molecular weight excluding hydrogens is 240 g/mol. The first kappa shape index (κ1) is 15.5. The van der Waals surface area contributed by atoms with E-state index in [2.05, 4.69) is 50.5 Å². The molecule has 3 heteroatoms. The van der Waals surface area contributed by atoms with Crippen LogP contribution in [0.25, 0.3) is 0 Å². The Hall–Kier alpha value is -0.510. The predicted octanol–water partition coefficient (Wildman–Crippen LogP) is 3.68. The van der Waals surface area contributed by atoms with Gasteiger partial charge in [-0.1, -0.05) is 51.5 Å². The Kier molecular flexibility index (Phi) is 7.40. The van der Waals surface area contributed by atoms with Gasteiger partial charge in [-0.2, -0.15) is 11.8 Å². The predicted molar refractivity (Wildman–Crippen MR) is 82.7 cm³/mol. The Morgan fingerprint density at radius 3 is 2.72 bits per heavy atom. The molecule has 2 nitrogen and oxygen atoms in total. The molecule has 2 atom stereocenters. The third kappa shape index (κ3) is 5.01. The number of nitrogens with two attached hydrogens (primary N) is 1. The van der Waals surface area contributed by atoms with Gasteiger partial charge >= 0.3 is 0 Å². The zero-order valence-corrected chi connectivity index (χ0v) is 12.6. The molecule has 0 aliphatic heterocycles. The highest BCUT2D eigenvalue weighted by molar-refractivity contribution is 7.99. The lowest BCUT2D eigenvalue weighted by Gasteiger charge is -2.18. The standard InChI is InChI=1S/C15H26N2S/c1-4-7-13-8-6-9-14(10-13)15(17-16)11-18-12(3)5-2/h6,8-10,12,15,17H,4-5,7,11,16H2,1-3H3. The zero-order valence-electron chi connectivity index (χ0n) is 11.8. The van der Waals surface area contributed by atoms with Crippen LogP contribution in [-0.2, 0) is 6.42 Å². The third-order valence-electron chi connectivity index (χ3n) is 3.22. The number of hydrogen-bond acceptors (Lipinski definition) is 3. The number of benzene rings is 1. The van der Waals surface area contributed by atoms with Crippen molar-refractivity contribution in [2.45, 2.75) is 51.3 Å². The molecule has 0 heterocycles. The molecule has 102 valence electrons. The van der Waals surface area contributed by atoms with E-state index in [0.717, 1.165) is 12.2 Å². The summed E-state index contributed by atoms with van der Waals surface area (Å²) in [6.45, 7) is 6.71. The summed E-state index contributed by atoms with van der Waals surface area (Å²) in [7, 11) is 0. The maximum Gasteiger partial charge on any atom is 0.0550 e. The summed E-state index contributed by atoms with van der Waals surface area (Å²) in [6.07, 6.45) is 3.53. The van der Waals surface area contributed by atoms with E-state index in [-0.39, 0.29) is 6.04 Å². The second-order valence-corrected chi connectivity index (χ2v) is 6.24. The van der Waals surface area contributed by atoms with Gasteiger partial charge in [0.25, 0.3) is 0 Å². The van der Waals surface area contributed by atoms with Crippen LogP contribution in [-0.4, -0.2) is 11.0 Å². The van der Waals surface area contributed by atoms with E-state index in [1.54, 1.807) is 0 Å². The smallest absolute Gasteiger partial charge is 0.0550 e. The number of hydrogen-bond donors (Lipinski definition) is 2. The fraction of sp³-hybridized carbons (Fsp3) is 0.600. The Bertz CT molecular complexity index is 341. The molecule has 0 saturated carbocycles. The average Bonchev–Trinajstić information content (AvgIpc) is 2.40. The Labute approximate surface area is 116 Å². The monoisotopic (exact) mass is 266 g/mol. The van der Waals surface area contributed by atoms with Gasteiger partial charge in [0.15, 0.2) is 0 Å². The molecule has 1 aromatic carbocycles. The van der Waals surface area contributed by atoms with Crippen molar-refractivity contribution in [3.05, 3.63) is 35.4 Å². The molecule has 0 bridgehead atoms. The second-order valence-electron chi connectivity index (χ2n) is 4.77. The largest absolute Gasteiger partial charge is 0.271 e. The van der Waals surface area contributed by atoms with Gasteiger partial charge < -0.3 is 0 Å². The highest BCUT2D eigenvalue weighted by Gasteiger charge is 2.11. The van der Waals surface area contributed by atoms with Crippen molar-refractivity contribution >= 4 is 11.8 Å². The molecule has 0 saturated heterocycles. The van der Waals surface area contributed by atoms with Crippen molar-refractivity contribution in [2.75, 3.05) is 5.75 Å². The van der Waals surface area contributed by atoms with Gasteiger partial charge in [0.1, 0.15) is 0 Å². The summed E-state index contributed by atoms with van der Waals surface area (Å²) < 4.78 is 0. The van der Waals surface area contributed by atoms with Crippen LogP contribution in [0.1, 0.15) is 50.8 Å². The van der Waals surface area contributed by atoms with Gasteiger partial charge in [0.2, 0.25) is 0 Å². The normalized spacial score (nSPS) is 14.4. The summed E-state index contributed by atoms with van der Waals surface area (Å²) in [4.78, 5) is 0. The highest BCUT2D eigenvalue weighted by atomic mass is 32.2. The van der Waals surface area contributed by atoms with Crippen LogP contribution < -0.4 is 11.3 Å². The summed E-state index contributed by atoms with van der Waals surface area (Å²) in [5, 5.41) is 0.694. The lowest BCUT2D eigenvalue weighted by molar-refractivity contribution is 0.609. The summed E-state index contributed by atoms with van der Waals surface area (Å²) in [6, 6.07) is 9.04. The molecule has 0 aliphatic carbocycles. The van der Waals surface area contributed by atoms with Crippen molar-refractivity contribution in [3.63, 3.8) is 0 Å². The van der Waals surface area contributed by atoms with E-state index < -0.39 is 0 Å². The third-order valence-corrected chi connectivity index (χ3v) is 4.64. The fourth-order valence-electron chi connectivity index (χ4n) is 1.87. The lowest BCUT2D eigenvalue weighted by Crippen LogP contribution is -2.30. The Balaban J connectivity index is 2.66. The number of nitrogens with one attached hydrogen (secondary N) is 1. The van der Waals surface area contributed by atoms with Crippen LogP contribution in [0, 0.1) is 0 Å². The van der Waals surface area contributed by atoms with Gasteiger partial charge in [0, 0.05) is 11.0 Å². The lowest BCUT2D eigenvalue weighted by atomic mass is 10.0. The first-order chi connectivity index (χ1) is 8.71. The van der Waals surface area contributed by atoms with Gasteiger partial charge in [-0.05, 0) is 24.0 Å². The van der Waals surface area contributed by atoms with Crippen LogP contribution in [0.3, 0.4) is 0 Å². The molecular formula is C15H26N2S. The summed E-state index contributed by atoms with van der Waals surface area (Å²) in [5.41, 5.74) is 5.66. The van der Waals surface area contributed by atoms with E-state index in [4.69, 9.17) is 5.84 Å². The fourth-order valence-corrected chi connectivity index (χ4v) is 2.92. The first-order valence-corrected chi connectivity index (χ1v) is 7.92. The van der Waals surface area contributed by atoms with Crippen molar-refractivity contribution in [1.82, 2.24) is 5.43 Å². The molecule has 1 aromatic rings. The molecule has 0 spiro atoms. The topological polar surface area (TPSA) is 38.0 Å². The van der Waals surface area contributed by atoms with Crippen LogP contribution in [0.2, 0.25) is 0 Å². The van der Waals surface area contributed by atoms with Crippen LogP contribution in [0.5, 0.6) is 0 Å². The zero-order chi connectivity index (χ0) is 13.4. The van der Waals surface area contributed by atoms with Crippen molar-refractivity contribution in [1.29, 1.82) is 0 Å². The van der Waals surface area contributed by atoms with E-state index in [1.165, 1.54) is 24.0 Å². The van der Waals surface area contributed by atoms with Crippen molar-refractivity contribution in [3.8, 4) is 0 Å². The molecule has 0 aromatic heterocycles. The SMILES string of the molecule is CCCc1cccc(C(CSC(C)CC)NN)c1. The van der Waals surface area contributed by atoms with Crippen LogP contribution >= 0.6 is 11.8 Å². The number of hydrazine groups is 1. The van der Waals surface area contributed by atoms with Gasteiger partial charge in [-0.3, -0.25) is 11.3 Å². The van der Waals surface area contributed by atoms with Crippen LogP contribution in [0.15, 0.2) is 24.3 Å². The Morgan fingerprint density at radius 2 is 2.11 bits per heavy atom. The maximum absolute atomic E-state index is 5.69. The summed E-state index contributed by atoms with van der Waals surface area (Å²) in [5.74, 6) is 6.72. The van der Waals surface area contributed by atoms with Crippen LogP contribution in [0.4, 0.5) is 0 Å². The quantitative estimate of drug-likeness (QED) is 0.557. The molecule has 2 unspecified atom stereocenters. The van der Waals surface area contributed by atoms with E-state index >= 15 is 0 Å². The first-order valence-electron chi connectivity index (χ1n) is 6.87. The van der Waals surface area contributed by atoms with E-state index in [9.17, 15) is 0 Å². The molecule has 1 rings (SSSR count). The second kappa shape index (κ2) is 8.57. The average molecular weight is 266 g/mol. The van der Waals surface area contributed by atoms with Crippen molar-refractivity contribution in [2.24, 2.45) is 5.84 Å². The van der Waals surface area contributed by atoms with Gasteiger partial charge in [-0.25, -0.2) is 0 Å². The number of rotatable bonds is 8. The minimum atomic E-state index is 0.251. The highest BCUT2D eigenvalue weighted by Crippen LogP contribution is 2.23. The molecule has 0 amide bonds. The van der Waals surface area contributed by atoms with E-state index in [1.807, 2.05) is 11.8 Å². The molecule has 18 heavy (non-hydrogen) atoms. The molecule has 0 fully saturated rings. The molecule has 3 N–H and O–H groups in total. The van der Waals surface area contributed by atoms with E-state index in [0.29, 0.717) is 5.25 Å². The minimum absolute atomic E-state index is 0.251. The Morgan fingerprint density at radius 1 is 1.33 bits per heavy atom. The number of aryl methyl sites for hydroxylation is 1. The molecule has 0 radical (unpaired) electrons. The van der Waals surface area contributed by atoms with Crippen molar-refractivity contribution < 1.29 is 0 Å². The summed E-state index contributed by atoms with van der Waals surface area (Å²) >= 11 is 1.98. The maximum atomic E-state index is 5.69. The minimum Gasteiger partial charge on any atom is -0.271 e. The molecule has 0 aliphatic rings.